The van der Waals surface area contributed by atoms with Crippen LogP contribution in [0.2, 0.25) is 0 Å². The maximum atomic E-state index is 13.4. The fraction of sp³-hybridized carbons (Fsp3) is 0.0357. The van der Waals surface area contributed by atoms with Crippen molar-refractivity contribution < 1.29 is 4.39 Å². The lowest BCUT2D eigenvalue weighted by molar-refractivity contribution is 0.516. The summed E-state index contributed by atoms with van der Waals surface area (Å²) in [5.74, 6) is -0.281. The lowest BCUT2D eigenvalue weighted by Gasteiger charge is -2.20. The number of pyridine rings is 1. The van der Waals surface area contributed by atoms with Gasteiger partial charge in [-0.1, -0.05) is 24.8 Å². The molecule has 0 fully saturated rings. The van der Waals surface area contributed by atoms with E-state index >= 15 is 0 Å². The van der Waals surface area contributed by atoms with Crippen LogP contribution in [0.1, 0.15) is 11.1 Å². The minimum Gasteiger partial charge on any atom is -0.274 e. The van der Waals surface area contributed by atoms with Gasteiger partial charge in [-0.3, -0.25) is 9.67 Å². The van der Waals surface area contributed by atoms with Gasteiger partial charge >= 0.3 is 0 Å². The molecule has 4 aromatic rings. The van der Waals surface area contributed by atoms with Crippen LogP contribution in [0.25, 0.3) is 28.5 Å². The van der Waals surface area contributed by atoms with Crippen LogP contribution in [0.4, 0.5) is 4.39 Å². The van der Waals surface area contributed by atoms with Crippen molar-refractivity contribution in [3.05, 3.63) is 127 Å². The van der Waals surface area contributed by atoms with Crippen LogP contribution in [-0.2, 0) is 7.05 Å². The summed E-state index contributed by atoms with van der Waals surface area (Å²) in [6.07, 6.45) is 13.2. The van der Waals surface area contributed by atoms with Crippen LogP contribution in [0.3, 0.4) is 0 Å². The van der Waals surface area contributed by atoms with Crippen LogP contribution in [0, 0.1) is 5.82 Å². The van der Waals surface area contributed by atoms with E-state index in [1.54, 1.807) is 34.2 Å². The standard InChI is InChI=1S/C28H22FN5/c1-20-6-11-27(26-19-33(2)32-28(26)23-7-9-25(29)10-8-23)31-34(20)17-14-21-4-3-5-24(18-21)22-12-15-30-16-13-22/h3-19H,1H2,2H3/b17-14+. The third kappa shape index (κ3) is 4.47. The normalized spacial score (nSPS) is 13.5. The monoisotopic (exact) mass is 447 g/mol. The van der Waals surface area contributed by atoms with Crippen molar-refractivity contribution in [2.24, 2.45) is 12.1 Å². The molecule has 34 heavy (non-hydrogen) atoms. The molecule has 6 heteroatoms. The zero-order valence-corrected chi connectivity index (χ0v) is 18.6. The van der Waals surface area contributed by atoms with E-state index in [0.717, 1.165) is 44.9 Å². The van der Waals surface area contributed by atoms with E-state index in [-0.39, 0.29) is 5.82 Å². The molecule has 0 spiro atoms. The Kier molecular flexibility index (Phi) is 5.70. The summed E-state index contributed by atoms with van der Waals surface area (Å²) < 4.78 is 15.2. The van der Waals surface area contributed by atoms with Crippen LogP contribution >= 0.6 is 0 Å². The summed E-state index contributed by atoms with van der Waals surface area (Å²) in [4.78, 5) is 4.09. The van der Waals surface area contributed by atoms with Crippen molar-refractivity contribution in [2.75, 3.05) is 0 Å². The van der Waals surface area contributed by atoms with Crippen LogP contribution in [0.5, 0.6) is 0 Å². The molecular weight excluding hydrogens is 425 g/mol. The number of hydrazone groups is 1. The highest BCUT2D eigenvalue weighted by atomic mass is 19.1. The molecule has 0 saturated heterocycles. The summed E-state index contributed by atoms with van der Waals surface area (Å²) in [5, 5.41) is 11.1. The van der Waals surface area contributed by atoms with Crippen molar-refractivity contribution >= 4 is 11.8 Å². The molecular formula is C28H22FN5. The number of aryl methyl sites for hydroxylation is 1. The summed E-state index contributed by atoms with van der Waals surface area (Å²) in [6, 6.07) is 18.6. The molecule has 2 aromatic heterocycles. The lowest BCUT2D eigenvalue weighted by Crippen LogP contribution is -2.15. The molecule has 3 heterocycles. The molecule has 166 valence electrons. The number of allylic oxidation sites excluding steroid dienone is 2. The summed E-state index contributed by atoms with van der Waals surface area (Å²) >= 11 is 0. The van der Waals surface area contributed by atoms with Gasteiger partial charge in [0, 0.05) is 43.0 Å². The first-order valence-corrected chi connectivity index (χ1v) is 10.8. The van der Waals surface area contributed by atoms with Crippen molar-refractivity contribution in [1.29, 1.82) is 0 Å². The predicted molar refractivity (Wildman–Crippen MR) is 134 cm³/mol. The molecule has 0 aliphatic carbocycles. The van der Waals surface area contributed by atoms with Gasteiger partial charge in [-0.25, -0.2) is 9.40 Å². The van der Waals surface area contributed by atoms with Gasteiger partial charge in [-0.15, -0.1) is 0 Å². The Balaban J connectivity index is 1.44. The highest BCUT2D eigenvalue weighted by Crippen LogP contribution is 2.26. The Bertz CT molecular complexity index is 1430. The molecule has 0 unspecified atom stereocenters. The summed E-state index contributed by atoms with van der Waals surface area (Å²) in [7, 11) is 1.86. The van der Waals surface area contributed by atoms with Gasteiger partial charge in [0.15, 0.2) is 0 Å². The number of nitrogens with zero attached hydrogens (tertiary/aromatic N) is 5. The minimum absolute atomic E-state index is 0.281. The summed E-state index contributed by atoms with van der Waals surface area (Å²) in [6.45, 7) is 4.11. The van der Waals surface area contributed by atoms with Crippen LogP contribution < -0.4 is 0 Å². The van der Waals surface area contributed by atoms with Gasteiger partial charge in [0.2, 0.25) is 0 Å². The van der Waals surface area contributed by atoms with Gasteiger partial charge in [0.25, 0.3) is 0 Å². The molecule has 2 aromatic carbocycles. The molecule has 1 aliphatic heterocycles. The average molecular weight is 448 g/mol. The van der Waals surface area contributed by atoms with Crippen LogP contribution in [0.15, 0.2) is 115 Å². The number of halogens is 1. The number of hydrogen-bond acceptors (Lipinski definition) is 4. The first kappa shape index (κ1) is 21.3. The Hall–Kier alpha value is -4.58. The molecule has 0 saturated carbocycles. The molecule has 5 nitrogen and oxygen atoms in total. The topological polar surface area (TPSA) is 46.3 Å². The molecule has 0 amide bonds. The number of aromatic nitrogens is 3. The van der Waals surface area contributed by atoms with Crippen LogP contribution in [-0.4, -0.2) is 25.5 Å². The lowest BCUT2D eigenvalue weighted by atomic mass is 10.0. The van der Waals surface area contributed by atoms with Crippen molar-refractivity contribution in [1.82, 2.24) is 19.8 Å². The van der Waals surface area contributed by atoms with Gasteiger partial charge in [-0.05, 0) is 77.4 Å². The maximum absolute atomic E-state index is 13.4. The first-order chi connectivity index (χ1) is 16.6. The van der Waals surface area contributed by atoms with Gasteiger partial charge in [-0.2, -0.15) is 10.2 Å². The fourth-order valence-electron chi connectivity index (χ4n) is 3.76. The summed E-state index contributed by atoms with van der Waals surface area (Å²) in [5.41, 5.74) is 7.19. The van der Waals surface area contributed by atoms with E-state index in [4.69, 9.17) is 5.10 Å². The predicted octanol–water partition coefficient (Wildman–Crippen LogP) is 6.05. The highest BCUT2D eigenvalue weighted by molar-refractivity contribution is 6.12. The Morgan fingerprint density at radius 1 is 0.912 bits per heavy atom. The quantitative estimate of drug-likeness (QED) is 0.374. The molecule has 0 radical (unpaired) electrons. The van der Waals surface area contributed by atoms with Crippen molar-refractivity contribution in [3.63, 3.8) is 0 Å². The molecule has 0 atom stereocenters. The Morgan fingerprint density at radius 2 is 1.71 bits per heavy atom. The SMILES string of the molecule is C=C1C=CC(c2cn(C)nc2-c2ccc(F)cc2)=NN1/C=C/c1cccc(-c2ccncc2)c1. The Morgan fingerprint density at radius 3 is 2.50 bits per heavy atom. The molecule has 0 N–H and O–H groups in total. The second kappa shape index (κ2) is 9.11. The van der Waals surface area contributed by atoms with Gasteiger partial charge in [0.05, 0.1) is 11.4 Å². The average Bonchev–Trinajstić information content (AvgIpc) is 3.26. The second-order valence-electron chi connectivity index (χ2n) is 7.90. The van der Waals surface area contributed by atoms with E-state index in [1.807, 2.05) is 61.9 Å². The zero-order chi connectivity index (χ0) is 23.5. The van der Waals surface area contributed by atoms with E-state index in [9.17, 15) is 4.39 Å². The molecule has 0 bridgehead atoms. The maximum Gasteiger partial charge on any atom is 0.123 e. The van der Waals surface area contributed by atoms with E-state index in [1.165, 1.54) is 12.1 Å². The largest absolute Gasteiger partial charge is 0.274 e. The molecule has 5 rings (SSSR count). The van der Waals surface area contributed by atoms with E-state index < -0.39 is 0 Å². The van der Waals surface area contributed by atoms with Gasteiger partial charge < -0.3 is 0 Å². The van der Waals surface area contributed by atoms with E-state index in [0.29, 0.717) is 0 Å². The third-order valence-corrected chi connectivity index (χ3v) is 5.47. The second-order valence-corrected chi connectivity index (χ2v) is 7.90. The Labute approximate surface area is 197 Å². The number of benzene rings is 2. The fourth-order valence-corrected chi connectivity index (χ4v) is 3.76. The number of hydrogen-bond donors (Lipinski definition) is 0. The zero-order valence-electron chi connectivity index (χ0n) is 18.6. The molecule has 1 aliphatic rings. The highest BCUT2D eigenvalue weighted by Gasteiger charge is 2.18. The van der Waals surface area contributed by atoms with Crippen molar-refractivity contribution in [2.45, 2.75) is 0 Å². The first-order valence-electron chi connectivity index (χ1n) is 10.8. The number of rotatable bonds is 5. The van der Waals surface area contributed by atoms with Gasteiger partial charge in [0.1, 0.15) is 11.5 Å². The van der Waals surface area contributed by atoms with Crippen molar-refractivity contribution in [3.8, 4) is 22.4 Å². The third-order valence-electron chi connectivity index (χ3n) is 5.47. The van der Waals surface area contributed by atoms with E-state index in [2.05, 4.69) is 28.8 Å². The minimum atomic E-state index is -0.281. The smallest absolute Gasteiger partial charge is 0.123 e.